The van der Waals surface area contributed by atoms with Crippen LogP contribution in [0.25, 0.3) is 0 Å². The van der Waals surface area contributed by atoms with Crippen LogP contribution < -0.4 is 9.62 Å². The standard InChI is InChI=1S/C25H28N2O3S/c1-5-24(20-15-14-18(2)19(3)16-20)26-25(28)21-10-9-11-22(17-21)27(4)31(29,30)23-12-7-6-8-13-23/h6-17,24H,5H2,1-4H3,(H,26,28)/t24-/m0/s1. The van der Waals surface area contributed by atoms with Gasteiger partial charge in [0.05, 0.1) is 16.6 Å². The third-order valence-corrected chi connectivity index (χ3v) is 7.32. The lowest BCUT2D eigenvalue weighted by Gasteiger charge is -2.21. The van der Waals surface area contributed by atoms with Crippen molar-refractivity contribution in [3.8, 4) is 0 Å². The highest BCUT2D eigenvalue weighted by Gasteiger charge is 2.22. The fraction of sp³-hybridized carbons (Fsp3) is 0.240. The lowest BCUT2D eigenvalue weighted by molar-refractivity contribution is 0.0935. The first-order valence-electron chi connectivity index (χ1n) is 10.3. The second kappa shape index (κ2) is 9.35. The van der Waals surface area contributed by atoms with E-state index in [1.807, 2.05) is 13.0 Å². The SMILES string of the molecule is CC[C@H](NC(=O)c1cccc(N(C)S(=O)(=O)c2ccccc2)c1)c1ccc(C)c(C)c1. The molecule has 3 rings (SSSR count). The van der Waals surface area contributed by atoms with E-state index < -0.39 is 10.0 Å². The van der Waals surface area contributed by atoms with Gasteiger partial charge in [0.1, 0.15) is 0 Å². The first kappa shape index (κ1) is 22.6. The number of rotatable bonds is 7. The number of nitrogens with one attached hydrogen (secondary N) is 1. The summed E-state index contributed by atoms with van der Waals surface area (Å²) in [6, 6.07) is 21.0. The van der Waals surface area contributed by atoms with Crippen molar-refractivity contribution in [2.75, 3.05) is 11.4 Å². The molecule has 1 atom stereocenters. The van der Waals surface area contributed by atoms with Gasteiger partial charge in [-0.2, -0.15) is 0 Å². The third-order valence-electron chi connectivity index (χ3n) is 5.52. The summed E-state index contributed by atoms with van der Waals surface area (Å²) in [6.45, 7) is 6.14. The first-order chi connectivity index (χ1) is 14.7. The van der Waals surface area contributed by atoms with E-state index in [2.05, 4.69) is 31.3 Å². The van der Waals surface area contributed by atoms with E-state index in [0.29, 0.717) is 11.3 Å². The zero-order valence-corrected chi connectivity index (χ0v) is 19.1. The molecule has 0 aliphatic carbocycles. The molecule has 5 nitrogen and oxygen atoms in total. The van der Waals surface area contributed by atoms with Crippen molar-refractivity contribution in [2.24, 2.45) is 0 Å². The van der Waals surface area contributed by atoms with Crippen molar-refractivity contribution in [2.45, 2.75) is 38.1 Å². The van der Waals surface area contributed by atoms with Crippen LogP contribution in [0.3, 0.4) is 0 Å². The zero-order valence-electron chi connectivity index (χ0n) is 18.3. The average Bonchev–Trinajstić information content (AvgIpc) is 2.79. The number of carbonyl (C=O) groups is 1. The maximum absolute atomic E-state index is 13.0. The van der Waals surface area contributed by atoms with Crippen LogP contribution in [0.15, 0.2) is 77.7 Å². The van der Waals surface area contributed by atoms with Crippen LogP contribution in [-0.2, 0) is 10.0 Å². The number of amides is 1. The number of hydrogen-bond donors (Lipinski definition) is 1. The molecule has 1 N–H and O–H groups in total. The highest BCUT2D eigenvalue weighted by Crippen LogP contribution is 2.24. The quantitative estimate of drug-likeness (QED) is 0.566. The molecule has 3 aromatic rings. The van der Waals surface area contributed by atoms with E-state index >= 15 is 0 Å². The van der Waals surface area contributed by atoms with E-state index in [-0.39, 0.29) is 16.8 Å². The van der Waals surface area contributed by atoms with Crippen LogP contribution >= 0.6 is 0 Å². The monoisotopic (exact) mass is 436 g/mol. The number of aryl methyl sites for hydroxylation is 2. The number of carbonyl (C=O) groups excluding carboxylic acids is 1. The van der Waals surface area contributed by atoms with Crippen LogP contribution in [0.2, 0.25) is 0 Å². The predicted molar refractivity (Wildman–Crippen MR) is 125 cm³/mol. The first-order valence-corrected chi connectivity index (χ1v) is 11.7. The molecule has 0 aliphatic rings. The molecule has 0 saturated heterocycles. The van der Waals surface area contributed by atoms with Crippen LogP contribution in [0.5, 0.6) is 0 Å². The predicted octanol–water partition coefficient (Wildman–Crippen LogP) is 5.01. The van der Waals surface area contributed by atoms with E-state index in [9.17, 15) is 13.2 Å². The number of hydrogen-bond acceptors (Lipinski definition) is 3. The Morgan fingerprint density at radius 1 is 0.935 bits per heavy atom. The highest BCUT2D eigenvalue weighted by atomic mass is 32.2. The Balaban J connectivity index is 1.83. The zero-order chi connectivity index (χ0) is 22.6. The highest BCUT2D eigenvalue weighted by molar-refractivity contribution is 7.92. The summed E-state index contributed by atoms with van der Waals surface area (Å²) in [4.78, 5) is 13.2. The van der Waals surface area contributed by atoms with Crippen LogP contribution in [0.4, 0.5) is 5.69 Å². The smallest absolute Gasteiger partial charge is 0.264 e. The molecule has 6 heteroatoms. The molecular formula is C25H28N2O3S. The summed E-state index contributed by atoms with van der Waals surface area (Å²) in [5.74, 6) is -0.238. The third kappa shape index (κ3) is 4.97. The summed E-state index contributed by atoms with van der Waals surface area (Å²) < 4.78 is 27.0. The van der Waals surface area contributed by atoms with Gasteiger partial charge < -0.3 is 5.32 Å². The van der Waals surface area contributed by atoms with Crippen molar-refractivity contribution in [3.63, 3.8) is 0 Å². The molecule has 0 aliphatic heterocycles. The molecule has 0 heterocycles. The maximum Gasteiger partial charge on any atom is 0.264 e. The summed E-state index contributed by atoms with van der Waals surface area (Å²) >= 11 is 0. The number of anilines is 1. The maximum atomic E-state index is 13.0. The van der Waals surface area contributed by atoms with E-state index in [1.54, 1.807) is 54.6 Å². The molecule has 0 radical (unpaired) electrons. The summed E-state index contributed by atoms with van der Waals surface area (Å²) in [6.07, 6.45) is 0.746. The number of nitrogens with zero attached hydrogens (tertiary/aromatic N) is 1. The fourth-order valence-corrected chi connectivity index (χ4v) is 4.58. The van der Waals surface area contributed by atoms with Crippen LogP contribution in [0, 0.1) is 13.8 Å². The lowest BCUT2D eigenvalue weighted by atomic mass is 9.99. The molecule has 0 fully saturated rings. The number of sulfonamides is 1. The van der Waals surface area contributed by atoms with Crippen molar-refractivity contribution < 1.29 is 13.2 Å². The lowest BCUT2D eigenvalue weighted by Crippen LogP contribution is -2.29. The van der Waals surface area contributed by atoms with Gasteiger partial charge in [-0.3, -0.25) is 9.10 Å². The molecule has 0 spiro atoms. The molecule has 162 valence electrons. The van der Waals surface area contributed by atoms with Crippen molar-refractivity contribution in [3.05, 3.63) is 95.1 Å². The van der Waals surface area contributed by atoms with Crippen molar-refractivity contribution >= 4 is 21.6 Å². The number of benzene rings is 3. The summed E-state index contributed by atoms with van der Waals surface area (Å²) in [7, 11) is -2.22. The Morgan fingerprint density at radius 2 is 1.65 bits per heavy atom. The minimum atomic E-state index is -3.71. The van der Waals surface area contributed by atoms with Crippen molar-refractivity contribution in [1.82, 2.24) is 5.32 Å². The Kier molecular flexibility index (Phi) is 6.81. The molecule has 0 bridgehead atoms. The van der Waals surface area contributed by atoms with Gasteiger partial charge in [0.25, 0.3) is 15.9 Å². The van der Waals surface area contributed by atoms with Gasteiger partial charge in [0.2, 0.25) is 0 Å². The van der Waals surface area contributed by atoms with Crippen LogP contribution in [-0.4, -0.2) is 21.4 Å². The van der Waals surface area contributed by atoms with Crippen molar-refractivity contribution in [1.29, 1.82) is 0 Å². The molecule has 0 aromatic heterocycles. The largest absolute Gasteiger partial charge is 0.345 e. The molecule has 1 amide bonds. The molecule has 3 aromatic carbocycles. The van der Waals surface area contributed by atoms with E-state index in [4.69, 9.17) is 0 Å². The van der Waals surface area contributed by atoms with Gasteiger partial charge in [-0.15, -0.1) is 0 Å². The average molecular weight is 437 g/mol. The minimum Gasteiger partial charge on any atom is -0.345 e. The minimum absolute atomic E-state index is 0.124. The fourth-order valence-electron chi connectivity index (χ4n) is 3.38. The van der Waals surface area contributed by atoms with Gasteiger partial charge in [0, 0.05) is 12.6 Å². The Labute approximate surface area is 184 Å². The molecule has 0 saturated carbocycles. The van der Waals surface area contributed by atoms with Gasteiger partial charge >= 0.3 is 0 Å². The second-order valence-electron chi connectivity index (χ2n) is 7.61. The van der Waals surface area contributed by atoms with Crippen LogP contribution in [0.1, 0.15) is 46.4 Å². The Hall–Kier alpha value is -3.12. The van der Waals surface area contributed by atoms with Gasteiger partial charge in [-0.1, -0.05) is 49.4 Å². The molecular weight excluding hydrogens is 408 g/mol. The van der Waals surface area contributed by atoms with E-state index in [1.165, 1.54) is 22.5 Å². The van der Waals surface area contributed by atoms with Gasteiger partial charge in [-0.25, -0.2) is 8.42 Å². The van der Waals surface area contributed by atoms with E-state index in [0.717, 1.165) is 12.0 Å². The van der Waals surface area contributed by atoms with Gasteiger partial charge in [0.15, 0.2) is 0 Å². The summed E-state index contributed by atoms with van der Waals surface area (Å²) in [5.41, 5.74) is 4.28. The normalized spacial score (nSPS) is 12.3. The Bertz CT molecular complexity index is 1170. The molecule has 0 unspecified atom stereocenters. The topological polar surface area (TPSA) is 66.5 Å². The van der Waals surface area contributed by atoms with Gasteiger partial charge in [-0.05, 0) is 67.3 Å². The second-order valence-corrected chi connectivity index (χ2v) is 9.58. The summed E-state index contributed by atoms with van der Waals surface area (Å²) in [5, 5.41) is 3.08. The molecule has 31 heavy (non-hydrogen) atoms. The Morgan fingerprint density at radius 3 is 2.29 bits per heavy atom.